The van der Waals surface area contributed by atoms with Crippen LogP contribution in [0.3, 0.4) is 0 Å². The van der Waals surface area contributed by atoms with Crippen molar-refractivity contribution in [1.82, 2.24) is 0 Å². The first kappa shape index (κ1) is 16.2. The normalized spacial score (nSPS) is 13.5. The minimum absolute atomic E-state index is 0.261. The van der Waals surface area contributed by atoms with Crippen LogP contribution in [0.15, 0.2) is 85.0 Å². The molecule has 3 aromatic carbocycles. The highest BCUT2D eigenvalue weighted by Crippen LogP contribution is 2.36. The molecule has 0 spiro atoms. The summed E-state index contributed by atoms with van der Waals surface area (Å²) in [7, 11) is 0. The third kappa shape index (κ3) is 3.14. The van der Waals surface area contributed by atoms with Gasteiger partial charge in [-0.3, -0.25) is 0 Å². The van der Waals surface area contributed by atoms with E-state index < -0.39 is 0 Å². The van der Waals surface area contributed by atoms with Crippen LogP contribution in [0.2, 0.25) is 0 Å². The van der Waals surface area contributed by atoms with Gasteiger partial charge in [0, 0.05) is 11.1 Å². The average molecular weight is 340 g/mol. The molecule has 3 aromatic rings. The Labute approximate surface area is 153 Å². The number of allylic oxidation sites excluding steroid dienone is 4. The van der Waals surface area contributed by atoms with Crippen LogP contribution in [0.25, 0.3) is 27.8 Å². The third-order valence-corrected chi connectivity index (χ3v) is 4.72. The minimum Gasteiger partial charge on any atom is -0.507 e. The van der Waals surface area contributed by atoms with Crippen molar-refractivity contribution in [2.24, 2.45) is 0 Å². The Hall–Kier alpha value is -3.26. The van der Waals surface area contributed by atoms with Gasteiger partial charge in [-0.05, 0) is 59.4 Å². The van der Waals surface area contributed by atoms with E-state index in [1.807, 2.05) is 54.6 Å². The van der Waals surface area contributed by atoms with Gasteiger partial charge in [0.25, 0.3) is 0 Å². The van der Waals surface area contributed by atoms with Crippen molar-refractivity contribution in [1.29, 1.82) is 0 Å². The second kappa shape index (κ2) is 6.93. The fourth-order valence-electron chi connectivity index (χ4n) is 3.32. The molecule has 4 rings (SSSR count). The molecule has 2 heteroatoms. The zero-order chi connectivity index (χ0) is 17.9. The molecule has 0 aromatic heterocycles. The summed E-state index contributed by atoms with van der Waals surface area (Å²) in [5.41, 5.74) is 5.68. The average Bonchev–Trinajstić information content (AvgIpc) is 2.70. The lowest BCUT2D eigenvalue weighted by Gasteiger charge is -2.13. The van der Waals surface area contributed by atoms with Crippen LogP contribution in [0.4, 0.5) is 0 Å². The molecule has 0 heterocycles. The monoisotopic (exact) mass is 340 g/mol. The Bertz CT molecular complexity index is 998. The van der Waals surface area contributed by atoms with E-state index >= 15 is 0 Å². The van der Waals surface area contributed by atoms with Crippen molar-refractivity contribution < 1.29 is 10.2 Å². The standard InChI is InChI=1S/C24H20O2/c25-23-13-11-19(15-21(23)17-7-3-1-4-8-17)20-12-14-24(26)22(16-20)18-9-5-2-6-10-18/h1,3-5,7-16,25-26H,2,6H2. The maximum Gasteiger partial charge on any atom is 0.123 e. The van der Waals surface area contributed by atoms with Crippen molar-refractivity contribution in [3.8, 4) is 33.8 Å². The molecular formula is C24H20O2. The number of benzene rings is 3. The van der Waals surface area contributed by atoms with Crippen molar-refractivity contribution in [2.45, 2.75) is 12.8 Å². The molecule has 0 fully saturated rings. The van der Waals surface area contributed by atoms with Crippen LogP contribution < -0.4 is 0 Å². The topological polar surface area (TPSA) is 40.5 Å². The van der Waals surface area contributed by atoms with E-state index in [4.69, 9.17) is 0 Å². The van der Waals surface area contributed by atoms with Crippen LogP contribution in [0.1, 0.15) is 18.4 Å². The van der Waals surface area contributed by atoms with Gasteiger partial charge in [-0.1, -0.05) is 60.7 Å². The molecule has 0 radical (unpaired) electrons. The van der Waals surface area contributed by atoms with Gasteiger partial charge in [0.1, 0.15) is 11.5 Å². The summed E-state index contributed by atoms with van der Waals surface area (Å²) in [6, 6.07) is 21.1. The van der Waals surface area contributed by atoms with Gasteiger partial charge >= 0.3 is 0 Å². The first-order valence-corrected chi connectivity index (χ1v) is 8.81. The number of aromatic hydroxyl groups is 2. The van der Waals surface area contributed by atoms with E-state index in [-0.39, 0.29) is 11.5 Å². The highest BCUT2D eigenvalue weighted by Gasteiger charge is 2.11. The third-order valence-electron chi connectivity index (χ3n) is 4.72. The lowest BCUT2D eigenvalue weighted by molar-refractivity contribution is 0.473. The van der Waals surface area contributed by atoms with Crippen LogP contribution in [-0.4, -0.2) is 10.2 Å². The Balaban J connectivity index is 1.79. The molecule has 2 N–H and O–H groups in total. The second-order valence-corrected chi connectivity index (χ2v) is 6.47. The maximum absolute atomic E-state index is 10.3. The summed E-state index contributed by atoms with van der Waals surface area (Å²) in [6.45, 7) is 0. The summed E-state index contributed by atoms with van der Waals surface area (Å²) in [6.07, 6.45) is 8.39. The highest BCUT2D eigenvalue weighted by atomic mass is 16.3. The predicted molar refractivity (Wildman–Crippen MR) is 107 cm³/mol. The van der Waals surface area contributed by atoms with Crippen molar-refractivity contribution in [3.63, 3.8) is 0 Å². The molecule has 0 aliphatic heterocycles. The SMILES string of the molecule is Oc1ccc(-c2ccc(O)c(-c3ccccc3)c2)cc1C1=CCCC=C1. The first-order chi connectivity index (χ1) is 12.7. The summed E-state index contributed by atoms with van der Waals surface area (Å²) in [5.74, 6) is 0.547. The molecule has 0 amide bonds. The number of phenols is 2. The van der Waals surface area contributed by atoms with Crippen LogP contribution >= 0.6 is 0 Å². The van der Waals surface area contributed by atoms with Gasteiger partial charge < -0.3 is 10.2 Å². The lowest BCUT2D eigenvalue weighted by atomic mass is 9.93. The van der Waals surface area contributed by atoms with Gasteiger partial charge in [0.15, 0.2) is 0 Å². The van der Waals surface area contributed by atoms with E-state index in [9.17, 15) is 10.2 Å². The van der Waals surface area contributed by atoms with E-state index in [0.717, 1.165) is 46.2 Å². The van der Waals surface area contributed by atoms with E-state index in [1.54, 1.807) is 12.1 Å². The Morgan fingerprint density at radius 2 is 1.27 bits per heavy atom. The van der Waals surface area contributed by atoms with E-state index in [1.165, 1.54) is 0 Å². The Morgan fingerprint density at radius 1 is 0.615 bits per heavy atom. The number of hydrogen-bond donors (Lipinski definition) is 2. The molecule has 26 heavy (non-hydrogen) atoms. The zero-order valence-corrected chi connectivity index (χ0v) is 14.4. The van der Waals surface area contributed by atoms with Crippen LogP contribution in [-0.2, 0) is 0 Å². The summed E-state index contributed by atoms with van der Waals surface area (Å²) < 4.78 is 0. The molecule has 0 saturated heterocycles. The summed E-state index contributed by atoms with van der Waals surface area (Å²) in [4.78, 5) is 0. The van der Waals surface area contributed by atoms with Gasteiger partial charge in [0.05, 0.1) is 0 Å². The van der Waals surface area contributed by atoms with Crippen LogP contribution in [0.5, 0.6) is 11.5 Å². The van der Waals surface area contributed by atoms with E-state index in [0.29, 0.717) is 0 Å². The predicted octanol–water partition coefficient (Wildman–Crippen LogP) is 6.17. The molecule has 0 saturated carbocycles. The molecule has 0 bridgehead atoms. The first-order valence-electron chi connectivity index (χ1n) is 8.81. The summed E-state index contributed by atoms with van der Waals surface area (Å²) in [5, 5.41) is 20.6. The largest absolute Gasteiger partial charge is 0.507 e. The van der Waals surface area contributed by atoms with Crippen LogP contribution in [0, 0.1) is 0 Å². The zero-order valence-electron chi connectivity index (χ0n) is 14.4. The van der Waals surface area contributed by atoms with Crippen molar-refractivity contribution in [3.05, 3.63) is 90.5 Å². The fourth-order valence-corrected chi connectivity index (χ4v) is 3.32. The number of phenolic OH excluding ortho intramolecular Hbond substituents is 2. The quantitative estimate of drug-likeness (QED) is 0.599. The van der Waals surface area contributed by atoms with Gasteiger partial charge in [-0.25, -0.2) is 0 Å². The summed E-state index contributed by atoms with van der Waals surface area (Å²) >= 11 is 0. The van der Waals surface area contributed by atoms with Gasteiger partial charge in [-0.2, -0.15) is 0 Å². The Morgan fingerprint density at radius 3 is 1.92 bits per heavy atom. The van der Waals surface area contributed by atoms with E-state index in [2.05, 4.69) is 18.2 Å². The number of rotatable bonds is 3. The number of hydrogen-bond acceptors (Lipinski definition) is 2. The van der Waals surface area contributed by atoms with Crippen molar-refractivity contribution in [2.75, 3.05) is 0 Å². The molecule has 0 unspecified atom stereocenters. The minimum atomic E-state index is 0.261. The lowest BCUT2D eigenvalue weighted by Crippen LogP contribution is -1.89. The van der Waals surface area contributed by atoms with Gasteiger partial charge in [0.2, 0.25) is 0 Å². The smallest absolute Gasteiger partial charge is 0.123 e. The molecule has 1 aliphatic carbocycles. The van der Waals surface area contributed by atoms with Gasteiger partial charge in [-0.15, -0.1) is 0 Å². The molecule has 128 valence electrons. The molecule has 2 nitrogen and oxygen atoms in total. The Kier molecular flexibility index (Phi) is 4.32. The van der Waals surface area contributed by atoms with Crippen molar-refractivity contribution >= 4 is 5.57 Å². The maximum atomic E-state index is 10.3. The fraction of sp³-hybridized carbons (Fsp3) is 0.0833. The molecular weight excluding hydrogens is 320 g/mol. The molecule has 1 aliphatic rings. The highest BCUT2D eigenvalue weighted by molar-refractivity contribution is 5.83. The second-order valence-electron chi connectivity index (χ2n) is 6.47. The molecule has 0 atom stereocenters.